The summed E-state index contributed by atoms with van der Waals surface area (Å²) in [6.07, 6.45) is 3.76. The van der Waals surface area contributed by atoms with Crippen molar-refractivity contribution in [3.63, 3.8) is 0 Å². The molecule has 33 heavy (non-hydrogen) atoms. The molecule has 7 unspecified atom stereocenters. The van der Waals surface area contributed by atoms with Crippen LogP contribution in [-0.2, 0) is 16.0 Å². The number of nitrogens with zero attached hydrogens (tertiary/aromatic N) is 2. The molecule has 2 aliphatic rings. The number of nitrogens with one attached hydrogen (secondary N) is 1. The SMILES string of the molecule is CC(C(=O)N(C)CCC#N)C1CCC2(C)CCC(NC(=O)Cc3ccccc3)C(C)C2C1O. The van der Waals surface area contributed by atoms with E-state index in [4.69, 9.17) is 5.26 Å². The number of hydrogen-bond acceptors (Lipinski definition) is 4. The Labute approximate surface area is 198 Å². The van der Waals surface area contributed by atoms with Gasteiger partial charge in [0.1, 0.15) is 0 Å². The summed E-state index contributed by atoms with van der Waals surface area (Å²) in [6, 6.07) is 11.9. The van der Waals surface area contributed by atoms with E-state index in [1.807, 2.05) is 37.3 Å². The standard InChI is InChI=1S/C27H39N3O3/c1-18(26(33)30(4)16-8-15-28)21-11-13-27(3)14-12-22(19(2)24(27)25(21)32)29-23(31)17-20-9-6-5-7-10-20/h5-7,9-10,18-19,21-22,24-25,32H,8,11-14,16-17H2,1-4H3,(H,29,31). The zero-order chi connectivity index (χ0) is 24.2. The van der Waals surface area contributed by atoms with Crippen LogP contribution in [0.15, 0.2) is 30.3 Å². The van der Waals surface area contributed by atoms with Gasteiger partial charge in [-0.3, -0.25) is 9.59 Å². The van der Waals surface area contributed by atoms with Crippen LogP contribution in [0.5, 0.6) is 0 Å². The summed E-state index contributed by atoms with van der Waals surface area (Å²) in [6.45, 7) is 6.73. The number of rotatable bonds is 7. The van der Waals surface area contributed by atoms with Crippen molar-refractivity contribution >= 4 is 11.8 Å². The van der Waals surface area contributed by atoms with E-state index < -0.39 is 6.10 Å². The molecule has 0 spiro atoms. The predicted octanol–water partition coefficient (Wildman–Crippen LogP) is 3.55. The minimum Gasteiger partial charge on any atom is -0.392 e. The van der Waals surface area contributed by atoms with Gasteiger partial charge in [-0.1, -0.05) is 51.1 Å². The zero-order valence-electron chi connectivity index (χ0n) is 20.5. The molecule has 2 saturated carbocycles. The van der Waals surface area contributed by atoms with Gasteiger partial charge in [0.25, 0.3) is 0 Å². The molecule has 180 valence electrons. The Morgan fingerprint density at radius 3 is 2.61 bits per heavy atom. The lowest BCUT2D eigenvalue weighted by Gasteiger charge is -2.56. The van der Waals surface area contributed by atoms with Gasteiger partial charge >= 0.3 is 0 Å². The average Bonchev–Trinajstić information content (AvgIpc) is 2.79. The van der Waals surface area contributed by atoms with Crippen LogP contribution < -0.4 is 5.32 Å². The van der Waals surface area contributed by atoms with Gasteiger partial charge < -0.3 is 15.3 Å². The normalized spacial score (nSPS) is 32.2. The number of aliphatic hydroxyl groups is 1. The minimum absolute atomic E-state index is 0.00548. The molecule has 0 bridgehead atoms. The van der Waals surface area contributed by atoms with Crippen LogP contribution in [0.25, 0.3) is 0 Å². The zero-order valence-corrected chi connectivity index (χ0v) is 20.5. The molecule has 0 aliphatic heterocycles. The Kier molecular flexibility index (Phi) is 8.18. The fourth-order valence-corrected chi connectivity index (χ4v) is 6.40. The molecular weight excluding hydrogens is 414 g/mol. The fourth-order valence-electron chi connectivity index (χ4n) is 6.40. The highest BCUT2D eigenvalue weighted by molar-refractivity contribution is 5.79. The van der Waals surface area contributed by atoms with Crippen molar-refractivity contribution in [2.75, 3.05) is 13.6 Å². The first-order valence-electron chi connectivity index (χ1n) is 12.3. The van der Waals surface area contributed by atoms with Crippen LogP contribution in [0.4, 0.5) is 0 Å². The molecule has 1 aromatic rings. The highest BCUT2D eigenvalue weighted by atomic mass is 16.3. The maximum atomic E-state index is 12.9. The van der Waals surface area contributed by atoms with Gasteiger partial charge in [-0.05, 0) is 54.4 Å². The Morgan fingerprint density at radius 1 is 1.27 bits per heavy atom. The van der Waals surface area contributed by atoms with Crippen molar-refractivity contribution in [1.29, 1.82) is 5.26 Å². The van der Waals surface area contributed by atoms with Crippen LogP contribution >= 0.6 is 0 Å². The van der Waals surface area contributed by atoms with Crippen LogP contribution in [0.2, 0.25) is 0 Å². The van der Waals surface area contributed by atoms with Crippen LogP contribution in [0.3, 0.4) is 0 Å². The number of carbonyl (C=O) groups excluding carboxylic acids is 2. The summed E-state index contributed by atoms with van der Waals surface area (Å²) in [5.74, 6) is -0.235. The van der Waals surface area contributed by atoms with Crippen LogP contribution in [0, 0.1) is 40.4 Å². The Hall–Kier alpha value is -2.39. The first-order chi connectivity index (χ1) is 15.7. The topological polar surface area (TPSA) is 93.4 Å². The van der Waals surface area contributed by atoms with Gasteiger partial charge in [-0.2, -0.15) is 5.26 Å². The second-order valence-corrected chi connectivity index (χ2v) is 10.6. The van der Waals surface area contributed by atoms with Crippen LogP contribution in [-0.4, -0.2) is 47.6 Å². The molecule has 7 atom stereocenters. The van der Waals surface area contributed by atoms with Gasteiger partial charge in [-0.15, -0.1) is 0 Å². The molecule has 6 nitrogen and oxygen atoms in total. The molecular formula is C27H39N3O3. The lowest BCUT2D eigenvalue weighted by Crippen LogP contribution is -2.58. The fraction of sp³-hybridized carbons (Fsp3) is 0.667. The number of benzene rings is 1. The summed E-state index contributed by atoms with van der Waals surface area (Å²) in [5, 5.41) is 23.6. The summed E-state index contributed by atoms with van der Waals surface area (Å²) >= 11 is 0. The molecule has 0 heterocycles. The molecule has 0 aromatic heterocycles. The largest absolute Gasteiger partial charge is 0.392 e. The lowest BCUT2D eigenvalue weighted by atomic mass is 9.51. The third-order valence-corrected chi connectivity index (χ3v) is 8.41. The van der Waals surface area contributed by atoms with Crippen molar-refractivity contribution in [1.82, 2.24) is 10.2 Å². The molecule has 0 radical (unpaired) electrons. The third-order valence-electron chi connectivity index (χ3n) is 8.41. The maximum absolute atomic E-state index is 12.9. The van der Waals surface area contributed by atoms with Gasteiger partial charge in [0.2, 0.25) is 11.8 Å². The van der Waals surface area contributed by atoms with E-state index in [2.05, 4.69) is 25.2 Å². The minimum atomic E-state index is -0.587. The Morgan fingerprint density at radius 2 is 1.94 bits per heavy atom. The number of carbonyl (C=O) groups is 2. The van der Waals surface area contributed by atoms with E-state index in [0.717, 1.165) is 31.2 Å². The summed E-state index contributed by atoms with van der Waals surface area (Å²) in [4.78, 5) is 27.3. The summed E-state index contributed by atoms with van der Waals surface area (Å²) in [7, 11) is 1.73. The highest BCUT2D eigenvalue weighted by Crippen LogP contribution is 2.55. The van der Waals surface area contributed by atoms with Gasteiger partial charge in [-0.25, -0.2) is 0 Å². The van der Waals surface area contributed by atoms with Gasteiger partial charge in [0.05, 0.1) is 25.0 Å². The lowest BCUT2D eigenvalue weighted by molar-refractivity contribution is -0.150. The number of amides is 2. The van der Waals surface area contributed by atoms with E-state index >= 15 is 0 Å². The number of fused-ring (bicyclic) bond motifs is 1. The molecule has 2 fully saturated rings. The van der Waals surface area contributed by atoms with Gasteiger partial charge in [0.15, 0.2) is 0 Å². The van der Waals surface area contributed by atoms with E-state index in [1.165, 1.54) is 0 Å². The first kappa shape index (κ1) is 25.2. The molecule has 2 N–H and O–H groups in total. The number of hydrogen-bond donors (Lipinski definition) is 2. The van der Waals surface area contributed by atoms with Crippen molar-refractivity contribution in [2.45, 2.75) is 71.4 Å². The van der Waals surface area contributed by atoms with E-state index in [0.29, 0.717) is 19.4 Å². The predicted molar refractivity (Wildman–Crippen MR) is 128 cm³/mol. The molecule has 2 aliphatic carbocycles. The van der Waals surface area contributed by atoms with Crippen molar-refractivity contribution in [2.24, 2.45) is 29.1 Å². The summed E-state index contributed by atoms with van der Waals surface area (Å²) < 4.78 is 0. The van der Waals surface area contributed by atoms with Crippen molar-refractivity contribution < 1.29 is 14.7 Å². The smallest absolute Gasteiger partial charge is 0.225 e. The molecule has 1 aromatic carbocycles. The number of nitriles is 1. The highest BCUT2D eigenvalue weighted by Gasteiger charge is 2.54. The van der Waals surface area contributed by atoms with Crippen molar-refractivity contribution in [3.05, 3.63) is 35.9 Å². The number of aliphatic hydroxyl groups excluding tert-OH is 1. The first-order valence-corrected chi connectivity index (χ1v) is 12.3. The van der Waals surface area contributed by atoms with E-state index in [1.54, 1.807) is 11.9 Å². The Bertz CT molecular complexity index is 867. The molecule has 2 amide bonds. The van der Waals surface area contributed by atoms with Gasteiger partial charge in [0, 0.05) is 25.6 Å². The van der Waals surface area contributed by atoms with Crippen molar-refractivity contribution in [3.8, 4) is 6.07 Å². The third kappa shape index (κ3) is 5.58. The van der Waals surface area contributed by atoms with Crippen LogP contribution in [0.1, 0.15) is 58.4 Å². The molecule has 3 rings (SSSR count). The average molecular weight is 454 g/mol. The second kappa shape index (κ2) is 10.7. The maximum Gasteiger partial charge on any atom is 0.225 e. The van der Waals surface area contributed by atoms with E-state index in [-0.39, 0.29) is 46.9 Å². The Balaban J connectivity index is 1.68. The second-order valence-electron chi connectivity index (χ2n) is 10.6. The van der Waals surface area contributed by atoms with E-state index in [9.17, 15) is 14.7 Å². The molecule has 0 saturated heterocycles. The monoisotopic (exact) mass is 453 g/mol. The quantitative estimate of drug-likeness (QED) is 0.660. The summed E-state index contributed by atoms with van der Waals surface area (Å²) in [5.41, 5.74) is 1.01. The molecule has 6 heteroatoms.